The van der Waals surface area contributed by atoms with Crippen molar-refractivity contribution in [1.82, 2.24) is 19.8 Å². The van der Waals surface area contributed by atoms with Gasteiger partial charge in [0.25, 0.3) is 0 Å². The molecule has 7 nitrogen and oxygen atoms in total. The summed E-state index contributed by atoms with van der Waals surface area (Å²) in [7, 11) is 0. The summed E-state index contributed by atoms with van der Waals surface area (Å²) in [6.07, 6.45) is 8.14. The number of amides is 1. The summed E-state index contributed by atoms with van der Waals surface area (Å²) < 4.78 is 2.05. The predicted molar refractivity (Wildman–Crippen MR) is 111 cm³/mol. The van der Waals surface area contributed by atoms with Crippen LogP contribution in [0.1, 0.15) is 37.3 Å². The number of imidazole rings is 1. The molecule has 0 spiro atoms. The number of carbonyl (C=O) groups excluding carboxylic acids is 1. The van der Waals surface area contributed by atoms with Gasteiger partial charge in [-0.1, -0.05) is 24.3 Å². The van der Waals surface area contributed by atoms with Crippen molar-refractivity contribution in [2.24, 2.45) is 16.6 Å². The lowest BCUT2D eigenvalue weighted by Crippen LogP contribution is -2.47. The first-order chi connectivity index (χ1) is 13.6. The number of hydrogen-bond acceptors (Lipinski definition) is 3. The third-order valence-corrected chi connectivity index (χ3v) is 4.97. The van der Waals surface area contributed by atoms with Crippen molar-refractivity contribution in [3.05, 3.63) is 54.1 Å². The van der Waals surface area contributed by atoms with Gasteiger partial charge < -0.3 is 20.5 Å². The molecule has 0 aliphatic carbocycles. The molecule has 0 radical (unpaired) electrons. The summed E-state index contributed by atoms with van der Waals surface area (Å²) in [5.74, 6) is 1.01. The maximum Gasteiger partial charge on any atom is 0.217 e. The van der Waals surface area contributed by atoms with E-state index in [1.54, 1.807) is 6.20 Å². The standard InChI is InChI=1S/C21H30N6O/c1-2-24-21(27-9-4-7-19(15-27)12-20(22)28)25-13-17-5-3-6-18(11-17)14-26-10-8-23-16-26/h3,5-6,8,10-11,16,19H,2,4,7,9,12-15H2,1H3,(H2,22,28)(H,24,25). The number of guanidine groups is 1. The molecule has 1 aromatic heterocycles. The number of carbonyl (C=O) groups is 1. The van der Waals surface area contributed by atoms with E-state index in [4.69, 9.17) is 10.7 Å². The van der Waals surface area contributed by atoms with Crippen LogP contribution in [0.25, 0.3) is 0 Å². The van der Waals surface area contributed by atoms with Gasteiger partial charge in [-0.15, -0.1) is 0 Å². The molecule has 2 heterocycles. The highest BCUT2D eigenvalue weighted by Gasteiger charge is 2.23. The van der Waals surface area contributed by atoms with E-state index >= 15 is 0 Å². The van der Waals surface area contributed by atoms with Crippen LogP contribution in [0, 0.1) is 5.92 Å². The van der Waals surface area contributed by atoms with Gasteiger partial charge >= 0.3 is 0 Å². The third kappa shape index (κ3) is 5.84. The second-order valence-electron chi connectivity index (χ2n) is 7.35. The van der Waals surface area contributed by atoms with Crippen molar-refractivity contribution in [3.63, 3.8) is 0 Å². The topological polar surface area (TPSA) is 88.5 Å². The Bertz CT molecular complexity index is 786. The number of primary amides is 1. The Morgan fingerprint density at radius 2 is 2.25 bits per heavy atom. The van der Waals surface area contributed by atoms with Crippen LogP contribution < -0.4 is 11.1 Å². The first-order valence-electron chi connectivity index (χ1n) is 9.99. The molecule has 0 bridgehead atoms. The molecule has 1 saturated heterocycles. The van der Waals surface area contributed by atoms with Gasteiger partial charge in [0.05, 0.1) is 12.9 Å². The van der Waals surface area contributed by atoms with Crippen LogP contribution in [0.15, 0.2) is 48.0 Å². The predicted octanol–water partition coefficient (Wildman–Crippen LogP) is 1.98. The molecule has 1 aromatic carbocycles. The number of rotatable bonds is 7. The number of aliphatic imine (C=N–C) groups is 1. The Morgan fingerprint density at radius 3 is 3.00 bits per heavy atom. The Kier molecular flexibility index (Phi) is 7.06. The highest BCUT2D eigenvalue weighted by Crippen LogP contribution is 2.19. The fraction of sp³-hybridized carbons (Fsp3) is 0.476. The summed E-state index contributed by atoms with van der Waals surface area (Å²) in [5.41, 5.74) is 7.80. The lowest BCUT2D eigenvalue weighted by atomic mass is 9.95. The first-order valence-corrected chi connectivity index (χ1v) is 9.99. The summed E-state index contributed by atoms with van der Waals surface area (Å²) >= 11 is 0. The van der Waals surface area contributed by atoms with Crippen LogP contribution in [-0.4, -0.2) is 46.0 Å². The zero-order chi connectivity index (χ0) is 19.8. The minimum atomic E-state index is -0.219. The molecule has 28 heavy (non-hydrogen) atoms. The van der Waals surface area contributed by atoms with E-state index in [0.717, 1.165) is 45.0 Å². The lowest BCUT2D eigenvalue weighted by molar-refractivity contribution is -0.119. The van der Waals surface area contributed by atoms with Gasteiger partial charge in [-0.2, -0.15) is 0 Å². The molecule has 2 aromatic rings. The van der Waals surface area contributed by atoms with Crippen LogP contribution in [0.5, 0.6) is 0 Å². The zero-order valence-electron chi connectivity index (χ0n) is 16.6. The van der Waals surface area contributed by atoms with Gasteiger partial charge in [0.2, 0.25) is 5.91 Å². The minimum absolute atomic E-state index is 0.219. The van der Waals surface area contributed by atoms with Crippen LogP contribution in [0.2, 0.25) is 0 Å². The third-order valence-electron chi connectivity index (χ3n) is 4.97. The zero-order valence-corrected chi connectivity index (χ0v) is 16.6. The second-order valence-corrected chi connectivity index (χ2v) is 7.35. The van der Waals surface area contributed by atoms with Crippen LogP contribution in [0.3, 0.4) is 0 Å². The van der Waals surface area contributed by atoms with E-state index in [0.29, 0.717) is 18.9 Å². The van der Waals surface area contributed by atoms with E-state index in [-0.39, 0.29) is 5.91 Å². The van der Waals surface area contributed by atoms with Gasteiger partial charge in [0.15, 0.2) is 5.96 Å². The largest absolute Gasteiger partial charge is 0.370 e. The van der Waals surface area contributed by atoms with Crippen molar-refractivity contribution in [3.8, 4) is 0 Å². The Balaban J connectivity index is 1.66. The number of likely N-dealkylation sites (tertiary alicyclic amines) is 1. The summed E-state index contributed by atoms with van der Waals surface area (Å²) in [6, 6.07) is 8.50. The molecule has 1 unspecified atom stereocenters. The first kappa shape index (κ1) is 19.9. The molecule has 7 heteroatoms. The second kappa shape index (κ2) is 9.92. The quantitative estimate of drug-likeness (QED) is 0.566. The number of nitrogens with zero attached hydrogens (tertiary/aromatic N) is 4. The van der Waals surface area contributed by atoms with Gasteiger partial charge in [0, 0.05) is 45.0 Å². The number of benzene rings is 1. The van der Waals surface area contributed by atoms with E-state index in [1.165, 1.54) is 11.1 Å². The number of nitrogens with one attached hydrogen (secondary N) is 1. The van der Waals surface area contributed by atoms with Crippen molar-refractivity contribution >= 4 is 11.9 Å². The van der Waals surface area contributed by atoms with Gasteiger partial charge in [-0.25, -0.2) is 9.98 Å². The maximum atomic E-state index is 11.3. The Morgan fingerprint density at radius 1 is 1.39 bits per heavy atom. The molecule has 1 amide bonds. The maximum absolute atomic E-state index is 11.3. The number of aromatic nitrogens is 2. The van der Waals surface area contributed by atoms with E-state index in [1.807, 2.05) is 12.5 Å². The van der Waals surface area contributed by atoms with Crippen molar-refractivity contribution in [2.45, 2.75) is 39.3 Å². The summed E-state index contributed by atoms with van der Waals surface area (Å²) in [4.78, 5) is 22.5. The Hall–Kier alpha value is -2.83. The molecule has 1 atom stereocenters. The molecular weight excluding hydrogens is 352 g/mol. The smallest absolute Gasteiger partial charge is 0.217 e. The van der Waals surface area contributed by atoms with Gasteiger partial charge in [-0.3, -0.25) is 4.79 Å². The van der Waals surface area contributed by atoms with Crippen molar-refractivity contribution < 1.29 is 4.79 Å². The minimum Gasteiger partial charge on any atom is -0.370 e. The number of piperidine rings is 1. The molecule has 3 N–H and O–H groups in total. The normalized spacial score (nSPS) is 17.5. The van der Waals surface area contributed by atoms with Crippen LogP contribution in [0.4, 0.5) is 0 Å². The average molecular weight is 383 g/mol. The molecular formula is C21H30N6O. The monoisotopic (exact) mass is 382 g/mol. The lowest BCUT2D eigenvalue weighted by Gasteiger charge is -2.34. The average Bonchev–Trinajstić information content (AvgIpc) is 3.18. The van der Waals surface area contributed by atoms with Gasteiger partial charge in [-0.05, 0) is 36.8 Å². The number of hydrogen-bond donors (Lipinski definition) is 2. The fourth-order valence-corrected chi connectivity index (χ4v) is 3.72. The summed E-state index contributed by atoms with van der Waals surface area (Å²) in [6.45, 7) is 6.11. The highest BCUT2D eigenvalue weighted by molar-refractivity contribution is 5.80. The van der Waals surface area contributed by atoms with Crippen LogP contribution in [-0.2, 0) is 17.9 Å². The van der Waals surface area contributed by atoms with Crippen LogP contribution >= 0.6 is 0 Å². The summed E-state index contributed by atoms with van der Waals surface area (Å²) in [5, 5.41) is 3.39. The molecule has 150 valence electrons. The van der Waals surface area contributed by atoms with E-state index in [9.17, 15) is 4.79 Å². The molecule has 1 aliphatic heterocycles. The fourth-order valence-electron chi connectivity index (χ4n) is 3.72. The van der Waals surface area contributed by atoms with Crippen molar-refractivity contribution in [1.29, 1.82) is 0 Å². The number of nitrogens with two attached hydrogens (primary N) is 1. The SMILES string of the molecule is CCNC(=NCc1cccc(Cn2ccnc2)c1)N1CCCC(CC(N)=O)C1. The molecule has 1 fully saturated rings. The van der Waals surface area contributed by atoms with Crippen molar-refractivity contribution in [2.75, 3.05) is 19.6 Å². The molecule has 0 saturated carbocycles. The van der Waals surface area contributed by atoms with E-state index in [2.05, 4.69) is 51.0 Å². The molecule has 3 rings (SSSR count). The Labute approximate surface area is 166 Å². The molecule has 1 aliphatic rings. The highest BCUT2D eigenvalue weighted by atomic mass is 16.1. The van der Waals surface area contributed by atoms with E-state index < -0.39 is 0 Å². The van der Waals surface area contributed by atoms with Gasteiger partial charge in [0.1, 0.15) is 0 Å².